The molecule has 1 heterocycles. The molecule has 1 atom stereocenters. The Morgan fingerprint density at radius 1 is 1.03 bits per heavy atom. The number of aromatic amines is 1. The SMILES string of the molecule is CC(C)(C)OC(=O)NC1(C(=O)NNC(=O)c2cc3cc(Cl)ccc3[nH]2)CCc2ccccc2C1. The molecule has 4 rings (SSSR count). The Bertz CT molecular complexity index is 1260. The molecule has 0 saturated heterocycles. The lowest BCUT2D eigenvalue weighted by atomic mass is 9.77. The van der Waals surface area contributed by atoms with Crippen molar-refractivity contribution in [2.45, 2.75) is 51.2 Å². The third-order valence-corrected chi connectivity index (χ3v) is 5.96. The molecule has 4 N–H and O–H groups in total. The summed E-state index contributed by atoms with van der Waals surface area (Å²) in [6.45, 7) is 5.26. The number of H-pyrrole nitrogens is 1. The Balaban J connectivity index is 1.51. The van der Waals surface area contributed by atoms with E-state index < -0.39 is 29.0 Å². The minimum atomic E-state index is -1.28. The van der Waals surface area contributed by atoms with Crippen molar-refractivity contribution in [3.63, 3.8) is 0 Å². The second kappa shape index (κ2) is 9.02. The highest BCUT2D eigenvalue weighted by Gasteiger charge is 2.44. The van der Waals surface area contributed by atoms with Crippen LogP contribution in [0.15, 0.2) is 48.5 Å². The average molecular weight is 483 g/mol. The van der Waals surface area contributed by atoms with Crippen molar-refractivity contribution in [3.8, 4) is 0 Å². The number of carbonyl (C=O) groups excluding carboxylic acids is 3. The third kappa shape index (κ3) is 5.17. The van der Waals surface area contributed by atoms with Gasteiger partial charge in [0.05, 0.1) is 0 Å². The van der Waals surface area contributed by atoms with Crippen molar-refractivity contribution in [2.24, 2.45) is 0 Å². The molecular weight excluding hydrogens is 456 g/mol. The zero-order valence-electron chi connectivity index (χ0n) is 19.3. The number of hydrogen-bond acceptors (Lipinski definition) is 4. The quantitative estimate of drug-likeness (QED) is 0.422. The van der Waals surface area contributed by atoms with Crippen LogP contribution in [0.25, 0.3) is 10.9 Å². The molecule has 1 aliphatic rings. The number of aromatic nitrogens is 1. The van der Waals surface area contributed by atoms with Crippen LogP contribution in [0.1, 0.15) is 48.8 Å². The molecule has 178 valence electrons. The number of halogens is 1. The summed E-state index contributed by atoms with van der Waals surface area (Å²) in [6, 6.07) is 14.7. The maximum Gasteiger partial charge on any atom is 0.408 e. The summed E-state index contributed by atoms with van der Waals surface area (Å²) in [5, 5.41) is 4.10. The largest absolute Gasteiger partial charge is 0.444 e. The maximum absolute atomic E-state index is 13.4. The van der Waals surface area contributed by atoms with Crippen LogP contribution in [-0.2, 0) is 22.4 Å². The van der Waals surface area contributed by atoms with Gasteiger partial charge in [-0.3, -0.25) is 20.4 Å². The number of fused-ring (bicyclic) bond motifs is 2. The van der Waals surface area contributed by atoms with E-state index in [4.69, 9.17) is 16.3 Å². The molecular formula is C25H27ClN4O4. The van der Waals surface area contributed by atoms with E-state index >= 15 is 0 Å². The Morgan fingerprint density at radius 2 is 1.76 bits per heavy atom. The highest BCUT2D eigenvalue weighted by molar-refractivity contribution is 6.31. The first kappa shape index (κ1) is 23.6. The number of benzene rings is 2. The van der Waals surface area contributed by atoms with Crippen LogP contribution >= 0.6 is 11.6 Å². The summed E-state index contributed by atoms with van der Waals surface area (Å²) >= 11 is 6.01. The topological polar surface area (TPSA) is 112 Å². The lowest BCUT2D eigenvalue weighted by Crippen LogP contribution is -2.64. The molecule has 2 aromatic carbocycles. The first-order chi connectivity index (χ1) is 16.0. The van der Waals surface area contributed by atoms with E-state index in [1.165, 1.54) is 0 Å². The fourth-order valence-electron chi connectivity index (χ4n) is 4.12. The van der Waals surface area contributed by atoms with Gasteiger partial charge in [0, 0.05) is 22.3 Å². The lowest BCUT2D eigenvalue weighted by Gasteiger charge is -2.37. The molecule has 1 unspecified atom stereocenters. The molecule has 8 nitrogen and oxygen atoms in total. The van der Waals surface area contributed by atoms with Crippen molar-refractivity contribution in [3.05, 3.63) is 70.4 Å². The highest BCUT2D eigenvalue weighted by Crippen LogP contribution is 2.29. The molecule has 1 aliphatic carbocycles. The summed E-state index contributed by atoms with van der Waals surface area (Å²) in [4.78, 5) is 41.7. The Labute approximate surface area is 202 Å². The number of amides is 3. The molecule has 0 spiro atoms. The van der Waals surface area contributed by atoms with Gasteiger partial charge in [0.25, 0.3) is 11.8 Å². The molecule has 3 aromatic rings. The Hall–Kier alpha value is -3.52. The van der Waals surface area contributed by atoms with Crippen molar-refractivity contribution in [2.75, 3.05) is 0 Å². The second-order valence-electron chi connectivity index (χ2n) is 9.48. The van der Waals surface area contributed by atoms with Gasteiger partial charge in [-0.15, -0.1) is 0 Å². The van der Waals surface area contributed by atoms with Crippen molar-refractivity contribution in [1.82, 2.24) is 21.2 Å². The predicted molar refractivity (Wildman–Crippen MR) is 129 cm³/mol. The lowest BCUT2D eigenvalue weighted by molar-refractivity contribution is -0.129. The van der Waals surface area contributed by atoms with Gasteiger partial charge in [0.2, 0.25) is 0 Å². The Morgan fingerprint density at radius 3 is 2.50 bits per heavy atom. The number of hydrazine groups is 1. The van der Waals surface area contributed by atoms with E-state index in [1.54, 1.807) is 45.0 Å². The van der Waals surface area contributed by atoms with Crippen LogP contribution in [0, 0.1) is 0 Å². The second-order valence-corrected chi connectivity index (χ2v) is 9.91. The Kier molecular flexibility index (Phi) is 6.27. The van der Waals surface area contributed by atoms with Gasteiger partial charge in [-0.1, -0.05) is 35.9 Å². The number of hydrogen-bond donors (Lipinski definition) is 4. The number of nitrogens with one attached hydrogen (secondary N) is 4. The van der Waals surface area contributed by atoms with Crippen LogP contribution in [0.4, 0.5) is 4.79 Å². The van der Waals surface area contributed by atoms with E-state index in [0.29, 0.717) is 17.9 Å². The highest BCUT2D eigenvalue weighted by atomic mass is 35.5. The van der Waals surface area contributed by atoms with E-state index in [9.17, 15) is 14.4 Å². The fraction of sp³-hybridized carbons (Fsp3) is 0.320. The summed E-state index contributed by atoms with van der Waals surface area (Å²) in [5.41, 5.74) is 6.03. The number of ether oxygens (including phenoxy) is 1. The van der Waals surface area contributed by atoms with Gasteiger partial charge in [-0.25, -0.2) is 4.79 Å². The normalized spacial score (nSPS) is 17.5. The smallest absolute Gasteiger partial charge is 0.408 e. The van der Waals surface area contributed by atoms with Crippen LogP contribution in [0.3, 0.4) is 0 Å². The monoisotopic (exact) mass is 482 g/mol. The van der Waals surface area contributed by atoms with Crippen LogP contribution in [0.5, 0.6) is 0 Å². The predicted octanol–water partition coefficient (Wildman–Crippen LogP) is 4.03. The molecule has 0 radical (unpaired) electrons. The van der Waals surface area contributed by atoms with Crippen LogP contribution in [0.2, 0.25) is 5.02 Å². The number of carbonyl (C=O) groups is 3. The molecule has 0 bridgehead atoms. The van der Waals surface area contributed by atoms with E-state index in [1.807, 2.05) is 24.3 Å². The molecule has 0 fully saturated rings. The zero-order chi connectivity index (χ0) is 24.5. The van der Waals surface area contributed by atoms with E-state index in [2.05, 4.69) is 21.2 Å². The van der Waals surface area contributed by atoms with Gasteiger partial charge >= 0.3 is 6.09 Å². The van der Waals surface area contributed by atoms with Crippen molar-refractivity contribution in [1.29, 1.82) is 0 Å². The summed E-state index contributed by atoms with van der Waals surface area (Å²) in [5.74, 6) is -1.05. The van der Waals surface area contributed by atoms with Crippen molar-refractivity contribution < 1.29 is 19.1 Å². The van der Waals surface area contributed by atoms with Gasteiger partial charge < -0.3 is 15.0 Å². The van der Waals surface area contributed by atoms with Crippen LogP contribution < -0.4 is 16.2 Å². The van der Waals surface area contributed by atoms with E-state index in [0.717, 1.165) is 22.0 Å². The molecule has 34 heavy (non-hydrogen) atoms. The van der Waals surface area contributed by atoms with Gasteiger partial charge in [-0.2, -0.15) is 0 Å². The fourth-order valence-corrected chi connectivity index (χ4v) is 4.30. The van der Waals surface area contributed by atoms with Gasteiger partial charge in [0.1, 0.15) is 16.8 Å². The van der Waals surface area contributed by atoms with Crippen molar-refractivity contribution >= 4 is 40.4 Å². The minimum absolute atomic E-state index is 0.265. The van der Waals surface area contributed by atoms with Gasteiger partial charge in [0.15, 0.2) is 0 Å². The maximum atomic E-state index is 13.4. The zero-order valence-corrected chi connectivity index (χ0v) is 20.0. The van der Waals surface area contributed by atoms with Gasteiger partial charge in [-0.05, 0) is 69.0 Å². The minimum Gasteiger partial charge on any atom is -0.444 e. The third-order valence-electron chi connectivity index (χ3n) is 5.72. The summed E-state index contributed by atoms with van der Waals surface area (Å²) in [6.07, 6.45) is 0.530. The first-order valence-corrected chi connectivity index (χ1v) is 11.4. The molecule has 0 saturated carbocycles. The average Bonchev–Trinajstić information content (AvgIpc) is 3.19. The first-order valence-electron chi connectivity index (χ1n) is 11.0. The molecule has 1 aromatic heterocycles. The van der Waals surface area contributed by atoms with Crippen LogP contribution in [-0.4, -0.2) is 34.0 Å². The number of rotatable bonds is 3. The number of alkyl carbamates (subject to hydrolysis) is 1. The summed E-state index contributed by atoms with van der Waals surface area (Å²) < 4.78 is 5.41. The molecule has 3 amide bonds. The molecule has 9 heteroatoms. The standard InChI is InChI=1S/C25H27ClN4O4/c1-24(2,3)34-23(33)28-25(11-10-15-6-4-5-7-16(15)14-25)22(32)30-29-21(31)20-13-17-12-18(26)8-9-19(17)27-20/h4-9,12-13,27H,10-11,14H2,1-3H3,(H,28,33)(H,29,31)(H,30,32). The van der Waals surface area contributed by atoms with E-state index in [-0.39, 0.29) is 12.1 Å². The molecule has 0 aliphatic heterocycles. The summed E-state index contributed by atoms with van der Waals surface area (Å²) in [7, 11) is 0. The number of aryl methyl sites for hydroxylation is 1.